The predicted octanol–water partition coefficient (Wildman–Crippen LogP) is 18.0. The minimum atomic E-state index is -0.684. The molecule has 2 heterocycles. The Morgan fingerprint density at radius 1 is 0.681 bits per heavy atom. The number of aromatic nitrogens is 1. The van der Waals surface area contributed by atoms with Crippen molar-refractivity contribution in [3.63, 3.8) is 0 Å². The van der Waals surface area contributed by atoms with E-state index >= 15 is 0 Å². The normalized spacial score (nSPS) is 13.6. The molecular weight excluding hydrogens is 873 g/mol. The molecule has 2 aromatic heterocycles. The van der Waals surface area contributed by atoms with Gasteiger partial charge in [-0.2, -0.15) is 0 Å². The molecule has 0 N–H and O–H groups in total. The van der Waals surface area contributed by atoms with E-state index in [1.54, 1.807) is 6.20 Å². The van der Waals surface area contributed by atoms with Crippen LogP contribution in [0, 0.1) is 19.8 Å². The number of hydrogen-bond acceptors (Lipinski definition) is 3. The van der Waals surface area contributed by atoms with E-state index in [4.69, 9.17) is 4.42 Å². The number of nitrogens with zero attached hydrogens (tertiary/aromatic N) is 2. The molecular formula is C69H60N2O. The van der Waals surface area contributed by atoms with Crippen LogP contribution in [0.15, 0.2) is 243 Å². The first-order valence-electron chi connectivity index (χ1n) is 25.0. The molecule has 11 rings (SSSR count). The summed E-state index contributed by atoms with van der Waals surface area (Å²) in [7, 11) is 0. The second-order valence-electron chi connectivity index (χ2n) is 18.9. The SMILES string of the molecule is C=C/C=C(\C=C)N(c1cccc(-c2cccnc2)c1)c1cc2c(c(C=C)c1C=C)-c1ccc(CC(C)C3=CCCc4oc5ccccc5c43)cc1C2(c1ccccc1)c1ccccc1.Cc1ccc(C)cc1. The number of allylic oxidation sites excluding steroid dienone is 5. The molecule has 3 heteroatoms. The zero-order valence-electron chi connectivity index (χ0n) is 41.6. The van der Waals surface area contributed by atoms with Crippen LogP contribution in [-0.4, -0.2) is 4.98 Å². The minimum absolute atomic E-state index is 0.261. The average molecular weight is 933 g/mol. The summed E-state index contributed by atoms with van der Waals surface area (Å²) in [6.07, 6.45) is 18.7. The fourth-order valence-electron chi connectivity index (χ4n) is 11.2. The molecule has 0 radical (unpaired) electrons. The van der Waals surface area contributed by atoms with Crippen LogP contribution in [0.3, 0.4) is 0 Å². The van der Waals surface area contributed by atoms with Crippen molar-refractivity contribution in [2.45, 2.75) is 45.4 Å². The van der Waals surface area contributed by atoms with Gasteiger partial charge in [0.2, 0.25) is 0 Å². The average Bonchev–Trinajstić information content (AvgIpc) is 3.95. The van der Waals surface area contributed by atoms with Crippen LogP contribution in [0.4, 0.5) is 11.4 Å². The van der Waals surface area contributed by atoms with Gasteiger partial charge in [0, 0.05) is 52.3 Å². The van der Waals surface area contributed by atoms with E-state index in [9.17, 15) is 0 Å². The Hall–Kier alpha value is -8.53. The van der Waals surface area contributed by atoms with Crippen molar-refractivity contribution >= 4 is 40.1 Å². The van der Waals surface area contributed by atoms with E-state index < -0.39 is 5.41 Å². The molecule has 3 nitrogen and oxygen atoms in total. The molecule has 352 valence electrons. The first-order chi connectivity index (χ1) is 35.3. The molecule has 0 fully saturated rings. The van der Waals surface area contributed by atoms with Gasteiger partial charge in [-0.3, -0.25) is 4.98 Å². The van der Waals surface area contributed by atoms with Gasteiger partial charge in [0.15, 0.2) is 0 Å². The Balaban J connectivity index is 0.000000681. The fraction of sp³-hybridized carbons (Fsp3) is 0.116. The number of aryl methyl sites for hydroxylation is 3. The predicted molar refractivity (Wildman–Crippen MR) is 306 cm³/mol. The molecule has 0 saturated heterocycles. The number of hydrogen-bond donors (Lipinski definition) is 0. The maximum absolute atomic E-state index is 6.42. The summed E-state index contributed by atoms with van der Waals surface area (Å²) in [5.41, 5.74) is 21.0. The van der Waals surface area contributed by atoms with E-state index in [1.165, 1.54) is 61.0 Å². The maximum Gasteiger partial charge on any atom is 0.134 e. The number of rotatable bonds is 13. The van der Waals surface area contributed by atoms with E-state index in [2.05, 4.69) is 227 Å². The Morgan fingerprint density at radius 3 is 2.01 bits per heavy atom. The van der Waals surface area contributed by atoms with Gasteiger partial charge in [-0.05, 0) is 131 Å². The lowest BCUT2D eigenvalue weighted by Crippen LogP contribution is -2.29. The van der Waals surface area contributed by atoms with E-state index in [0.717, 1.165) is 75.5 Å². The second kappa shape index (κ2) is 20.4. The third kappa shape index (κ3) is 8.52. The first kappa shape index (κ1) is 47.2. The summed E-state index contributed by atoms with van der Waals surface area (Å²) in [5, 5.41) is 1.21. The number of anilines is 2. The van der Waals surface area contributed by atoms with Gasteiger partial charge in [-0.15, -0.1) is 0 Å². The lowest BCUT2D eigenvalue weighted by molar-refractivity contribution is 0.542. The minimum Gasteiger partial charge on any atom is -0.460 e. The standard InChI is InChI=1S/C61H50N2O.C8H10/c1-6-21-47(7-2)63(48-28-18-22-43(38-48)44-23-20-35-62-40-44)56-39-55-59(50(9-4)49(56)8-3)52-34-33-42(36-41(5)51-30-19-32-58-60(51)53-29-16-17-31-57(53)64-58)37-54(52)61(55,45-24-12-10-13-25-45)46-26-14-11-15-27-46;1-7-3-5-8(2)6-4-7/h6-18,20-31,33-35,37-41H,1-4,19,32,36H2,5H3;3-6H,1-2H3/b47-21+;. The zero-order chi connectivity index (χ0) is 49.8. The van der Waals surface area contributed by atoms with Gasteiger partial charge in [0.25, 0.3) is 0 Å². The number of pyridine rings is 1. The quantitative estimate of drug-likeness (QED) is 0.108. The van der Waals surface area contributed by atoms with Crippen LogP contribution in [0.1, 0.15) is 74.7 Å². The van der Waals surface area contributed by atoms with E-state index in [1.807, 2.05) is 42.6 Å². The second-order valence-corrected chi connectivity index (χ2v) is 18.9. The van der Waals surface area contributed by atoms with Crippen LogP contribution in [0.25, 0.3) is 50.9 Å². The third-order valence-electron chi connectivity index (χ3n) is 14.4. The fourth-order valence-corrected chi connectivity index (χ4v) is 11.2. The summed E-state index contributed by atoms with van der Waals surface area (Å²) < 4.78 is 6.42. The number of fused-ring (bicyclic) bond motifs is 6. The molecule has 2 aliphatic carbocycles. The molecule has 1 atom stereocenters. The van der Waals surface area contributed by atoms with E-state index in [-0.39, 0.29) is 5.92 Å². The van der Waals surface area contributed by atoms with Crippen LogP contribution in [-0.2, 0) is 18.3 Å². The lowest BCUT2D eigenvalue weighted by Gasteiger charge is -2.36. The van der Waals surface area contributed by atoms with Gasteiger partial charge in [-0.25, -0.2) is 0 Å². The van der Waals surface area contributed by atoms with Crippen molar-refractivity contribution in [3.8, 4) is 22.3 Å². The Morgan fingerprint density at radius 2 is 1.36 bits per heavy atom. The van der Waals surface area contributed by atoms with Crippen LogP contribution < -0.4 is 4.90 Å². The van der Waals surface area contributed by atoms with Crippen molar-refractivity contribution < 1.29 is 4.42 Å². The highest BCUT2D eigenvalue weighted by Crippen LogP contribution is 2.60. The van der Waals surface area contributed by atoms with Gasteiger partial charge < -0.3 is 9.32 Å². The van der Waals surface area contributed by atoms with Crippen molar-refractivity contribution in [2.75, 3.05) is 4.90 Å². The smallest absolute Gasteiger partial charge is 0.134 e. The zero-order valence-corrected chi connectivity index (χ0v) is 41.6. The topological polar surface area (TPSA) is 29.3 Å². The summed E-state index contributed by atoms with van der Waals surface area (Å²) in [6, 6.07) is 61.2. The molecule has 0 amide bonds. The first-order valence-corrected chi connectivity index (χ1v) is 25.0. The van der Waals surface area contributed by atoms with E-state index in [0.29, 0.717) is 0 Å². The molecule has 0 spiro atoms. The van der Waals surface area contributed by atoms with Crippen LogP contribution in [0.2, 0.25) is 0 Å². The molecule has 72 heavy (non-hydrogen) atoms. The van der Waals surface area contributed by atoms with Crippen molar-refractivity contribution in [1.82, 2.24) is 4.98 Å². The summed E-state index contributed by atoms with van der Waals surface area (Å²) in [5.74, 6) is 1.37. The van der Waals surface area contributed by atoms with Gasteiger partial charge in [0.05, 0.1) is 11.1 Å². The summed E-state index contributed by atoms with van der Waals surface area (Å²) in [6.45, 7) is 24.0. The monoisotopic (exact) mass is 932 g/mol. The summed E-state index contributed by atoms with van der Waals surface area (Å²) >= 11 is 0. The maximum atomic E-state index is 6.42. The number of para-hydroxylation sites is 1. The highest BCUT2D eigenvalue weighted by molar-refractivity contribution is 5.98. The highest BCUT2D eigenvalue weighted by atomic mass is 16.3. The third-order valence-corrected chi connectivity index (χ3v) is 14.4. The Labute approximate surface area is 425 Å². The largest absolute Gasteiger partial charge is 0.460 e. The number of furan rings is 1. The van der Waals surface area contributed by atoms with Crippen LogP contribution >= 0.6 is 0 Å². The number of benzene rings is 7. The van der Waals surface area contributed by atoms with Crippen molar-refractivity contribution in [2.24, 2.45) is 5.92 Å². The van der Waals surface area contributed by atoms with Crippen molar-refractivity contribution in [1.29, 1.82) is 0 Å². The molecule has 0 bridgehead atoms. The molecule has 9 aromatic rings. The molecule has 1 unspecified atom stereocenters. The van der Waals surface area contributed by atoms with Crippen molar-refractivity contribution in [3.05, 3.63) is 300 Å². The highest BCUT2D eigenvalue weighted by Gasteiger charge is 2.48. The van der Waals surface area contributed by atoms with Gasteiger partial charge in [-0.1, -0.05) is 208 Å². The molecule has 0 saturated carbocycles. The molecule has 0 aliphatic heterocycles. The van der Waals surface area contributed by atoms with Crippen LogP contribution in [0.5, 0.6) is 0 Å². The Kier molecular flexibility index (Phi) is 13.4. The Bertz CT molecular complexity index is 3480. The molecule has 7 aromatic carbocycles. The lowest BCUT2D eigenvalue weighted by atomic mass is 9.67. The van der Waals surface area contributed by atoms with Gasteiger partial charge in [0.1, 0.15) is 11.3 Å². The van der Waals surface area contributed by atoms with Gasteiger partial charge >= 0.3 is 0 Å². The molecule has 2 aliphatic rings. The summed E-state index contributed by atoms with van der Waals surface area (Å²) in [4.78, 5) is 6.71.